The molecule has 0 fully saturated rings. The fraction of sp³-hybridized carbons (Fsp3) is 0.895. The molecule has 5 nitrogen and oxygen atoms in total. The van der Waals surface area contributed by atoms with E-state index in [2.05, 4.69) is 12.2 Å². The van der Waals surface area contributed by atoms with Crippen molar-refractivity contribution in [2.75, 3.05) is 21.1 Å². The number of carboxylic acid groups (broad SMARTS) is 1. The molecule has 0 saturated carbocycles. The summed E-state index contributed by atoms with van der Waals surface area (Å²) in [6.07, 6.45) is 11.5. The van der Waals surface area contributed by atoms with Crippen molar-refractivity contribution in [2.24, 2.45) is 0 Å². The molecule has 0 radical (unpaired) electrons. The van der Waals surface area contributed by atoms with Crippen LogP contribution in [0.3, 0.4) is 0 Å². The molecular weight excluding hydrogens is 304 g/mol. The fourth-order valence-corrected chi connectivity index (χ4v) is 3.22. The maximum atomic E-state index is 12.0. The van der Waals surface area contributed by atoms with Gasteiger partial charge in [0.25, 0.3) is 0 Å². The SMILES string of the molecule is CCCCCCCCCCCC(=O)NC(C)C(C(=O)O)[N+](C)(C)C. The zero-order chi connectivity index (χ0) is 18.6. The van der Waals surface area contributed by atoms with E-state index in [4.69, 9.17) is 0 Å². The van der Waals surface area contributed by atoms with Crippen LogP contribution in [0.1, 0.15) is 78.1 Å². The van der Waals surface area contributed by atoms with Gasteiger partial charge in [-0.2, -0.15) is 0 Å². The van der Waals surface area contributed by atoms with E-state index in [-0.39, 0.29) is 16.4 Å². The molecule has 0 aliphatic heterocycles. The lowest BCUT2D eigenvalue weighted by Gasteiger charge is -2.35. The topological polar surface area (TPSA) is 66.4 Å². The van der Waals surface area contributed by atoms with Gasteiger partial charge in [0.2, 0.25) is 11.9 Å². The minimum atomic E-state index is -0.877. The number of nitrogens with zero attached hydrogens (tertiary/aromatic N) is 1. The van der Waals surface area contributed by atoms with Crippen LogP contribution in [0.5, 0.6) is 0 Å². The van der Waals surface area contributed by atoms with Gasteiger partial charge in [0.05, 0.1) is 27.2 Å². The van der Waals surface area contributed by atoms with Crippen molar-refractivity contribution in [1.82, 2.24) is 5.32 Å². The normalized spacial score (nSPS) is 14.2. The average molecular weight is 344 g/mol. The minimum absolute atomic E-state index is 0.0369. The van der Waals surface area contributed by atoms with Gasteiger partial charge in [-0.15, -0.1) is 0 Å². The van der Waals surface area contributed by atoms with E-state index in [0.29, 0.717) is 6.42 Å². The molecule has 0 saturated heterocycles. The van der Waals surface area contributed by atoms with Gasteiger partial charge in [-0.25, -0.2) is 4.79 Å². The third-order valence-corrected chi connectivity index (χ3v) is 4.46. The van der Waals surface area contributed by atoms with Crippen molar-refractivity contribution in [2.45, 2.75) is 90.1 Å². The fourth-order valence-electron chi connectivity index (χ4n) is 3.22. The molecule has 0 aliphatic rings. The lowest BCUT2D eigenvalue weighted by atomic mass is 10.1. The van der Waals surface area contributed by atoms with Gasteiger partial charge < -0.3 is 14.9 Å². The van der Waals surface area contributed by atoms with Crippen molar-refractivity contribution in [3.63, 3.8) is 0 Å². The molecule has 0 aromatic rings. The lowest BCUT2D eigenvalue weighted by Crippen LogP contribution is -2.59. The summed E-state index contributed by atoms with van der Waals surface area (Å²) in [5.41, 5.74) is 0. The van der Waals surface area contributed by atoms with Crippen LogP contribution in [0.15, 0.2) is 0 Å². The molecule has 0 aromatic carbocycles. The van der Waals surface area contributed by atoms with Crippen LogP contribution >= 0.6 is 0 Å². The molecule has 5 heteroatoms. The monoisotopic (exact) mass is 343 g/mol. The zero-order valence-corrected chi connectivity index (χ0v) is 16.4. The van der Waals surface area contributed by atoms with Crippen LogP contribution in [0.2, 0.25) is 0 Å². The van der Waals surface area contributed by atoms with E-state index < -0.39 is 12.0 Å². The van der Waals surface area contributed by atoms with Gasteiger partial charge in [0.15, 0.2) is 0 Å². The summed E-state index contributed by atoms with van der Waals surface area (Å²) in [6.45, 7) is 4.00. The van der Waals surface area contributed by atoms with E-state index in [0.717, 1.165) is 12.8 Å². The van der Waals surface area contributed by atoms with Crippen molar-refractivity contribution < 1.29 is 19.2 Å². The first-order valence-electron chi connectivity index (χ1n) is 9.53. The number of nitrogens with one attached hydrogen (secondary N) is 1. The third kappa shape index (κ3) is 10.6. The van der Waals surface area contributed by atoms with Crippen LogP contribution < -0.4 is 5.32 Å². The molecule has 0 bridgehead atoms. The number of aliphatic carboxylic acids is 1. The first kappa shape index (κ1) is 22.9. The Morgan fingerprint density at radius 1 is 0.917 bits per heavy atom. The standard InChI is InChI=1S/C19H38N2O3/c1-6-7-8-9-10-11-12-13-14-15-17(22)20-16(2)18(19(23)24)21(3,4)5/h16,18H,6-15H2,1-5H3,(H-,20,22,23,24)/p+1. The van der Waals surface area contributed by atoms with Crippen LogP contribution in [0.4, 0.5) is 0 Å². The highest BCUT2D eigenvalue weighted by atomic mass is 16.4. The summed E-state index contributed by atoms with van der Waals surface area (Å²) in [4.78, 5) is 23.4. The highest BCUT2D eigenvalue weighted by molar-refractivity contribution is 5.78. The molecule has 24 heavy (non-hydrogen) atoms. The lowest BCUT2D eigenvalue weighted by molar-refractivity contribution is -0.888. The molecule has 0 heterocycles. The quantitative estimate of drug-likeness (QED) is 0.374. The van der Waals surface area contributed by atoms with Crippen molar-refractivity contribution in [3.05, 3.63) is 0 Å². The van der Waals surface area contributed by atoms with Crippen LogP contribution in [-0.2, 0) is 9.59 Å². The average Bonchev–Trinajstić information content (AvgIpc) is 2.43. The number of quaternary nitrogens is 1. The second-order valence-corrected chi connectivity index (χ2v) is 7.83. The van der Waals surface area contributed by atoms with Crippen molar-refractivity contribution in [1.29, 1.82) is 0 Å². The molecule has 0 aromatic heterocycles. The molecular formula is C19H39N2O3+. The summed E-state index contributed by atoms with van der Waals surface area (Å²) >= 11 is 0. The molecule has 0 aliphatic carbocycles. The number of hydrogen-bond acceptors (Lipinski definition) is 2. The molecule has 2 unspecified atom stereocenters. The first-order valence-corrected chi connectivity index (χ1v) is 9.53. The second kappa shape index (κ2) is 12.3. The zero-order valence-electron chi connectivity index (χ0n) is 16.4. The van der Waals surface area contributed by atoms with E-state index in [1.165, 1.54) is 44.9 Å². The largest absolute Gasteiger partial charge is 0.477 e. The summed E-state index contributed by atoms with van der Waals surface area (Å²) < 4.78 is 0.287. The number of amides is 1. The van der Waals surface area contributed by atoms with Crippen molar-refractivity contribution in [3.8, 4) is 0 Å². The molecule has 142 valence electrons. The van der Waals surface area contributed by atoms with Gasteiger partial charge in [0, 0.05) is 6.42 Å². The van der Waals surface area contributed by atoms with Crippen molar-refractivity contribution >= 4 is 11.9 Å². The Hall–Kier alpha value is -1.10. The number of carbonyl (C=O) groups is 2. The van der Waals surface area contributed by atoms with E-state index >= 15 is 0 Å². The molecule has 2 N–H and O–H groups in total. The number of likely N-dealkylation sites (N-methyl/N-ethyl adjacent to an activating group) is 1. The Kier molecular flexibility index (Phi) is 11.7. The van der Waals surface area contributed by atoms with Crippen LogP contribution in [0.25, 0.3) is 0 Å². The number of hydrogen-bond donors (Lipinski definition) is 2. The Morgan fingerprint density at radius 2 is 1.38 bits per heavy atom. The maximum Gasteiger partial charge on any atom is 0.364 e. The molecule has 0 spiro atoms. The van der Waals surface area contributed by atoms with E-state index in [9.17, 15) is 14.7 Å². The Balaban J connectivity index is 3.87. The smallest absolute Gasteiger partial charge is 0.364 e. The van der Waals surface area contributed by atoms with Gasteiger partial charge in [-0.1, -0.05) is 58.3 Å². The predicted molar refractivity (Wildman–Crippen MR) is 98.9 cm³/mol. The summed E-state index contributed by atoms with van der Waals surface area (Å²) in [7, 11) is 5.51. The van der Waals surface area contributed by atoms with E-state index in [1.54, 1.807) is 6.92 Å². The summed E-state index contributed by atoms with van der Waals surface area (Å²) in [5.74, 6) is -0.913. The highest BCUT2D eigenvalue weighted by Crippen LogP contribution is 2.12. The molecule has 2 atom stereocenters. The van der Waals surface area contributed by atoms with Gasteiger partial charge in [0.1, 0.15) is 0 Å². The van der Waals surface area contributed by atoms with Gasteiger partial charge in [-0.3, -0.25) is 4.79 Å². The van der Waals surface area contributed by atoms with Gasteiger partial charge in [-0.05, 0) is 13.3 Å². The van der Waals surface area contributed by atoms with E-state index in [1.807, 2.05) is 21.1 Å². The van der Waals surface area contributed by atoms with Crippen LogP contribution in [-0.4, -0.2) is 54.7 Å². The maximum absolute atomic E-state index is 12.0. The Bertz CT molecular complexity index is 364. The number of carboxylic acids is 1. The third-order valence-electron chi connectivity index (χ3n) is 4.46. The van der Waals surface area contributed by atoms with Crippen LogP contribution in [0, 0.1) is 0 Å². The second-order valence-electron chi connectivity index (χ2n) is 7.83. The molecule has 0 rings (SSSR count). The Morgan fingerprint density at radius 3 is 1.79 bits per heavy atom. The summed E-state index contributed by atoms with van der Waals surface area (Å²) in [6, 6.07) is -1.02. The minimum Gasteiger partial charge on any atom is -0.477 e. The Labute approximate surface area is 148 Å². The summed E-state index contributed by atoms with van der Waals surface area (Å²) in [5, 5.41) is 12.2. The molecule has 1 amide bonds. The first-order chi connectivity index (χ1) is 11.2. The number of carbonyl (C=O) groups excluding carboxylic acids is 1. The van der Waals surface area contributed by atoms with Gasteiger partial charge >= 0.3 is 5.97 Å². The highest BCUT2D eigenvalue weighted by Gasteiger charge is 2.37. The predicted octanol–water partition coefficient (Wildman–Crippen LogP) is 3.57. The number of rotatable bonds is 14. The number of unbranched alkanes of at least 4 members (excludes halogenated alkanes) is 8.